The maximum absolute atomic E-state index is 13.7. The Bertz CT molecular complexity index is 485. The predicted octanol–water partition coefficient (Wildman–Crippen LogP) is 1.88. The van der Waals surface area contributed by atoms with E-state index in [0.717, 1.165) is 13.1 Å². The quantitative estimate of drug-likeness (QED) is 0.841. The summed E-state index contributed by atoms with van der Waals surface area (Å²) in [6, 6.07) is 3.33. The molecule has 1 amide bonds. The van der Waals surface area contributed by atoms with Crippen molar-refractivity contribution in [1.29, 1.82) is 0 Å². The molecule has 1 saturated heterocycles. The lowest BCUT2D eigenvalue weighted by Gasteiger charge is -2.37. The Kier molecular flexibility index (Phi) is 4.28. The molecule has 1 aromatic carbocycles. The van der Waals surface area contributed by atoms with Crippen LogP contribution >= 0.6 is 0 Å². The topological polar surface area (TPSA) is 49.6 Å². The van der Waals surface area contributed by atoms with Gasteiger partial charge in [-0.15, -0.1) is 0 Å². The van der Waals surface area contributed by atoms with Crippen LogP contribution in [0.25, 0.3) is 0 Å². The van der Waals surface area contributed by atoms with E-state index in [0.29, 0.717) is 35.9 Å². The number of piperazine rings is 1. The van der Waals surface area contributed by atoms with E-state index in [1.165, 1.54) is 6.07 Å². The van der Waals surface area contributed by atoms with Crippen LogP contribution in [-0.2, 0) is 0 Å². The normalized spacial score (nSPS) is 16.8. The summed E-state index contributed by atoms with van der Waals surface area (Å²) in [6.07, 6.45) is 0. The molecule has 2 rings (SSSR count). The van der Waals surface area contributed by atoms with Gasteiger partial charge in [0.15, 0.2) is 0 Å². The number of halogens is 1. The van der Waals surface area contributed by atoms with Crippen LogP contribution in [0, 0.1) is 12.7 Å². The molecule has 1 aromatic rings. The molecule has 1 aliphatic rings. The largest absolute Gasteiger partial charge is 0.398 e. The van der Waals surface area contributed by atoms with Crippen LogP contribution in [0.3, 0.4) is 0 Å². The second-order valence-corrected chi connectivity index (χ2v) is 5.59. The lowest BCUT2D eigenvalue weighted by atomic mass is 10.1. The third-order valence-corrected chi connectivity index (χ3v) is 3.96. The Morgan fingerprint density at radius 2 is 1.85 bits per heavy atom. The van der Waals surface area contributed by atoms with Crippen LogP contribution < -0.4 is 5.73 Å². The Labute approximate surface area is 119 Å². The summed E-state index contributed by atoms with van der Waals surface area (Å²) in [5, 5.41) is 0. The minimum absolute atomic E-state index is 0.140. The van der Waals surface area contributed by atoms with Crippen molar-refractivity contribution in [3.8, 4) is 0 Å². The van der Waals surface area contributed by atoms with Gasteiger partial charge in [0.25, 0.3) is 5.91 Å². The molecule has 0 bridgehead atoms. The maximum atomic E-state index is 13.7. The minimum atomic E-state index is -0.422. The first-order chi connectivity index (χ1) is 9.40. The van der Waals surface area contributed by atoms with Gasteiger partial charge in [-0.3, -0.25) is 9.69 Å². The van der Waals surface area contributed by atoms with Crippen LogP contribution in [0.15, 0.2) is 12.1 Å². The molecule has 1 aliphatic heterocycles. The zero-order chi connectivity index (χ0) is 14.9. The van der Waals surface area contributed by atoms with E-state index in [-0.39, 0.29) is 5.91 Å². The number of benzene rings is 1. The van der Waals surface area contributed by atoms with Gasteiger partial charge < -0.3 is 10.6 Å². The first kappa shape index (κ1) is 14.8. The molecular formula is C15H22FN3O. The lowest BCUT2D eigenvalue weighted by Crippen LogP contribution is -2.50. The first-order valence-electron chi connectivity index (χ1n) is 6.99. The fourth-order valence-electron chi connectivity index (χ4n) is 2.45. The van der Waals surface area contributed by atoms with Gasteiger partial charge in [-0.25, -0.2) is 4.39 Å². The van der Waals surface area contributed by atoms with Gasteiger partial charge in [0, 0.05) is 49.0 Å². The number of nitrogens with two attached hydrogens (primary N) is 1. The number of hydrogen-bond donors (Lipinski definition) is 1. The number of nitrogens with zero attached hydrogens (tertiary/aromatic N) is 2. The number of amides is 1. The highest BCUT2D eigenvalue weighted by molar-refractivity contribution is 5.95. The van der Waals surface area contributed by atoms with E-state index in [4.69, 9.17) is 5.73 Å². The molecule has 1 heterocycles. The highest BCUT2D eigenvalue weighted by Gasteiger charge is 2.24. The molecule has 110 valence electrons. The van der Waals surface area contributed by atoms with Crippen LogP contribution in [0.4, 0.5) is 10.1 Å². The summed E-state index contributed by atoms with van der Waals surface area (Å²) in [7, 11) is 0. The van der Waals surface area contributed by atoms with Gasteiger partial charge in [0.2, 0.25) is 0 Å². The Hall–Kier alpha value is -1.62. The number of rotatable bonds is 2. The van der Waals surface area contributed by atoms with Crippen molar-refractivity contribution in [2.24, 2.45) is 0 Å². The minimum Gasteiger partial charge on any atom is -0.398 e. The summed E-state index contributed by atoms with van der Waals surface area (Å²) in [6.45, 7) is 8.96. The van der Waals surface area contributed by atoms with Crippen molar-refractivity contribution in [2.45, 2.75) is 26.8 Å². The van der Waals surface area contributed by atoms with Gasteiger partial charge in [-0.05, 0) is 32.9 Å². The van der Waals surface area contributed by atoms with Gasteiger partial charge in [-0.1, -0.05) is 0 Å². The highest BCUT2D eigenvalue weighted by atomic mass is 19.1. The first-order valence-corrected chi connectivity index (χ1v) is 6.99. The number of hydrogen-bond acceptors (Lipinski definition) is 3. The van der Waals surface area contributed by atoms with Crippen molar-refractivity contribution in [3.63, 3.8) is 0 Å². The monoisotopic (exact) mass is 279 g/mol. The van der Waals surface area contributed by atoms with Gasteiger partial charge in [0.05, 0.1) is 0 Å². The Morgan fingerprint density at radius 3 is 2.35 bits per heavy atom. The highest BCUT2D eigenvalue weighted by Crippen LogP contribution is 2.19. The zero-order valence-electron chi connectivity index (χ0n) is 12.3. The average Bonchev–Trinajstić information content (AvgIpc) is 2.43. The fraction of sp³-hybridized carbons (Fsp3) is 0.533. The molecule has 0 aliphatic carbocycles. The number of carbonyl (C=O) groups is 1. The van der Waals surface area contributed by atoms with Gasteiger partial charge in [0.1, 0.15) is 5.82 Å². The molecular weight excluding hydrogens is 257 g/mol. The summed E-state index contributed by atoms with van der Waals surface area (Å²) < 4.78 is 13.7. The molecule has 20 heavy (non-hydrogen) atoms. The smallest absolute Gasteiger partial charge is 0.254 e. The second-order valence-electron chi connectivity index (χ2n) is 5.59. The Balaban J connectivity index is 2.09. The van der Waals surface area contributed by atoms with E-state index in [1.807, 2.05) is 0 Å². The molecule has 0 saturated carbocycles. The molecule has 0 spiro atoms. The van der Waals surface area contributed by atoms with Gasteiger partial charge >= 0.3 is 0 Å². The number of anilines is 1. The van der Waals surface area contributed by atoms with E-state index >= 15 is 0 Å². The van der Waals surface area contributed by atoms with Crippen molar-refractivity contribution >= 4 is 11.6 Å². The second kappa shape index (κ2) is 5.79. The summed E-state index contributed by atoms with van der Waals surface area (Å²) in [5.41, 5.74) is 6.79. The molecule has 5 heteroatoms. The molecule has 1 fully saturated rings. The van der Waals surface area contributed by atoms with Gasteiger partial charge in [-0.2, -0.15) is 0 Å². The molecule has 0 unspecified atom stereocenters. The van der Waals surface area contributed by atoms with Crippen LogP contribution in [-0.4, -0.2) is 47.9 Å². The third-order valence-electron chi connectivity index (χ3n) is 3.96. The maximum Gasteiger partial charge on any atom is 0.254 e. The fourth-order valence-corrected chi connectivity index (χ4v) is 2.45. The number of nitrogen functional groups attached to an aromatic ring is 1. The SMILES string of the molecule is Cc1c(N)cc(C(=O)N2CCN(C(C)C)CC2)cc1F. The standard InChI is InChI=1S/C15H22FN3O/c1-10(2)18-4-6-19(7-5-18)15(20)12-8-13(16)11(3)14(17)9-12/h8-10H,4-7,17H2,1-3H3. The van der Waals surface area contributed by atoms with Crippen molar-refractivity contribution in [2.75, 3.05) is 31.9 Å². The molecule has 0 aromatic heterocycles. The van der Waals surface area contributed by atoms with E-state index in [9.17, 15) is 9.18 Å². The van der Waals surface area contributed by atoms with E-state index in [2.05, 4.69) is 18.7 Å². The average molecular weight is 279 g/mol. The number of carbonyl (C=O) groups excluding carboxylic acids is 1. The van der Waals surface area contributed by atoms with Crippen molar-refractivity contribution in [3.05, 3.63) is 29.1 Å². The lowest BCUT2D eigenvalue weighted by molar-refractivity contribution is 0.0595. The molecule has 4 nitrogen and oxygen atoms in total. The summed E-state index contributed by atoms with van der Waals surface area (Å²) >= 11 is 0. The Morgan fingerprint density at radius 1 is 1.25 bits per heavy atom. The summed E-state index contributed by atoms with van der Waals surface area (Å²) in [5.74, 6) is -0.562. The van der Waals surface area contributed by atoms with Crippen LogP contribution in [0.5, 0.6) is 0 Å². The molecule has 0 atom stereocenters. The van der Waals surface area contributed by atoms with Crippen LogP contribution in [0.2, 0.25) is 0 Å². The molecule has 2 N–H and O–H groups in total. The summed E-state index contributed by atoms with van der Waals surface area (Å²) in [4.78, 5) is 16.5. The van der Waals surface area contributed by atoms with Crippen LogP contribution in [0.1, 0.15) is 29.8 Å². The van der Waals surface area contributed by atoms with Crippen molar-refractivity contribution < 1.29 is 9.18 Å². The predicted molar refractivity (Wildman–Crippen MR) is 78.2 cm³/mol. The third kappa shape index (κ3) is 2.93. The molecule has 0 radical (unpaired) electrons. The van der Waals surface area contributed by atoms with E-state index < -0.39 is 5.82 Å². The van der Waals surface area contributed by atoms with E-state index in [1.54, 1.807) is 17.9 Å². The zero-order valence-corrected chi connectivity index (χ0v) is 12.3. The van der Waals surface area contributed by atoms with Crippen molar-refractivity contribution in [1.82, 2.24) is 9.80 Å².